The molecule has 0 bridgehead atoms. The van der Waals surface area contributed by atoms with Crippen molar-refractivity contribution in [3.8, 4) is 5.69 Å². The number of anilines is 2. The highest BCUT2D eigenvalue weighted by Crippen LogP contribution is 2.26. The molecular formula is C24H24N4O2S2. The van der Waals surface area contributed by atoms with Crippen LogP contribution in [0.15, 0.2) is 63.9 Å². The predicted molar refractivity (Wildman–Crippen MR) is 135 cm³/mol. The summed E-state index contributed by atoms with van der Waals surface area (Å²) in [4.78, 5) is 32.6. The Morgan fingerprint density at radius 3 is 2.59 bits per heavy atom. The molecule has 0 aliphatic heterocycles. The second-order valence-corrected chi connectivity index (χ2v) is 9.53. The van der Waals surface area contributed by atoms with Crippen molar-refractivity contribution in [3.63, 3.8) is 0 Å². The number of hydrogen-bond donors (Lipinski definition) is 1. The lowest BCUT2D eigenvalue weighted by atomic mass is 10.1. The average Bonchev–Trinajstić information content (AvgIpc) is 3.24. The lowest BCUT2D eigenvalue weighted by Gasteiger charge is -2.15. The van der Waals surface area contributed by atoms with Crippen molar-refractivity contribution >= 4 is 50.6 Å². The third-order valence-corrected chi connectivity index (χ3v) is 7.10. The Hall–Kier alpha value is -3.10. The first-order valence-electron chi connectivity index (χ1n) is 10.1. The maximum atomic E-state index is 13.3. The molecule has 0 aliphatic rings. The summed E-state index contributed by atoms with van der Waals surface area (Å²) in [6.45, 7) is 4.01. The van der Waals surface area contributed by atoms with Crippen molar-refractivity contribution in [2.75, 3.05) is 30.1 Å². The van der Waals surface area contributed by atoms with Crippen molar-refractivity contribution in [1.82, 2.24) is 9.55 Å². The predicted octanol–water partition coefficient (Wildman–Crippen LogP) is 4.86. The van der Waals surface area contributed by atoms with Gasteiger partial charge in [0.15, 0.2) is 5.16 Å². The number of carbonyl (C=O) groups is 1. The van der Waals surface area contributed by atoms with Crippen LogP contribution in [0.4, 0.5) is 11.4 Å². The number of aryl methyl sites for hydroxylation is 1. The number of carbonyl (C=O) groups excluding carboxylic acids is 1. The Kier molecular flexibility index (Phi) is 6.34. The number of aromatic nitrogens is 2. The first kappa shape index (κ1) is 22.1. The molecule has 0 radical (unpaired) electrons. The van der Waals surface area contributed by atoms with Gasteiger partial charge in [0, 0.05) is 25.5 Å². The van der Waals surface area contributed by atoms with Gasteiger partial charge in [0.2, 0.25) is 5.91 Å². The number of rotatable bonds is 6. The van der Waals surface area contributed by atoms with Gasteiger partial charge in [0.1, 0.15) is 4.70 Å². The summed E-state index contributed by atoms with van der Waals surface area (Å²) >= 11 is 2.64. The molecule has 0 aliphatic carbocycles. The molecule has 0 saturated heterocycles. The van der Waals surface area contributed by atoms with E-state index in [0.29, 0.717) is 15.4 Å². The maximum Gasteiger partial charge on any atom is 0.276 e. The molecule has 2 aromatic heterocycles. The van der Waals surface area contributed by atoms with Crippen LogP contribution in [-0.2, 0) is 4.79 Å². The largest absolute Gasteiger partial charge is 0.378 e. The fourth-order valence-electron chi connectivity index (χ4n) is 3.35. The van der Waals surface area contributed by atoms with Crippen LogP contribution in [0.25, 0.3) is 15.9 Å². The van der Waals surface area contributed by atoms with Crippen molar-refractivity contribution in [2.24, 2.45) is 0 Å². The van der Waals surface area contributed by atoms with E-state index in [1.54, 1.807) is 4.57 Å². The van der Waals surface area contributed by atoms with Gasteiger partial charge in [-0.3, -0.25) is 14.2 Å². The van der Waals surface area contributed by atoms with Crippen LogP contribution in [0, 0.1) is 13.8 Å². The summed E-state index contributed by atoms with van der Waals surface area (Å²) in [7, 11) is 3.94. The fourth-order valence-corrected chi connectivity index (χ4v) is 4.91. The molecule has 32 heavy (non-hydrogen) atoms. The molecule has 0 spiro atoms. The topological polar surface area (TPSA) is 67.2 Å². The Bertz CT molecular complexity index is 1340. The van der Waals surface area contributed by atoms with Gasteiger partial charge in [0.25, 0.3) is 5.56 Å². The van der Waals surface area contributed by atoms with Crippen LogP contribution in [0.5, 0.6) is 0 Å². The standard InChI is InChI=1S/C24H24N4O2S2/c1-15-6-5-7-20(16(15)2)28-23(30)22-19(12-13-31-22)26-24(28)32-14-21(29)25-17-8-10-18(11-9-17)27(3)4/h5-13H,14H2,1-4H3,(H,25,29). The summed E-state index contributed by atoms with van der Waals surface area (Å²) in [5, 5.41) is 5.29. The molecule has 8 heteroatoms. The Morgan fingerprint density at radius 2 is 1.88 bits per heavy atom. The van der Waals surface area contributed by atoms with E-state index in [0.717, 1.165) is 28.2 Å². The van der Waals surface area contributed by atoms with Crippen LogP contribution in [0.2, 0.25) is 0 Å². The first-order valence-corrected chi connectivity index (χ1v) is 12.0. The van der Waals surface area contributed by atoms with E-state index in [4.69, 9.17) is 4.98 Å². The molecule has 0 saturated carbocycles. The molecule has 0 fully saturated rings. The Morgan fingerprint density at radius 1 is 1.12 bits per heavy atom. The summed E-state index contributed by atoms with van der Waals surface area (Å²) in [6.07, 6.45) is 0. The number of nitrogens with zero attached hydrogens (tertiary/aromatic N) is 3. The van der Waals surface area contributed by atoms with E-state index < -0.39 is 0 Å². The monoisotopic (exact) mass is 464 g/mol. The van der Waals surface area contributed by atoms with Gasteiger partial charge in [-0.05, 0) is 66.8 Å². The molecule has 1 N–H and O–H groups in total. The maximum absolute atomic E-state index is 13.3. The number of nitrogens with one attached hydrogen (secondary N) is 1. The smallest absolute Gasteiger partial charge is 0.276 e. The fraction of sp³-hybridized carbons (Fsp3) is 0.208. The summed E-state index contributed by atoms with van der Waals surface area (Å²) < 4.78 is 2.24. The number of hydrogen-bond acceptors (Lipinski definition) is 6. The molecule has 2 aromatic carbocycles. The highest BCUT2D eigenvalue weighted by Gasteiger charge is 2.17. The minimum Gasteiger partial charge on any atom is -0.378 e. The van der Waals surface area contributed by atoms with Gasteiger partial charge in [0.05, 0.1) is 17.0 Å². The van der Waals surface area contributed by atoms with Crippen LogP contribution in [-0.4, -0.2) is 35.3 Å². The van der Waals surface area contributed by atoms with E-state index in [-0.39, 0.29) is 17.2 Å². The van der Waals surface area contributed by atoms with Gasteiger partial charge in [-0.25, -0.2) is 4.98 Å². The summed E-state index contributed by atoms with van der Waals surface area (Å²) in [5.41, 5.74) is 5.23. The normalized spacial score (nSPS) is 11.0. The lowest BCUT2D eigenvalue weighted by molar-refractivity contribution is -0.113. The van der Waals surface area contributed by atoms with Crippen molar-refractivity contribution in [3.05, 3.63) is 75.4 Å². The third kappa shape index (κ3) is 4.42. The van der Waals surface area contributed by atoms with Gasteiger partial charge in [-0.2, -0.15) is 0 Å². The molecule has 4 aromatic rings. The minimum absolute atomic E-state index is 0.110. The SMILES string of the molecule is Cc1cccc(-n2c(SCC(=O)Nc3ccc(N(C)C)cc3)nc3ccsc3c2=O)c1C. The average molecular weight is 465 g/mol. The first-order chi connectivity index (χ1) is 15.3. The molecular weight excluding hydrogens is 440 g/mol. The van der Waals surface area contributed by atoms with E-state index in [1.807, 2.05) is 86.8 Å². The van der Waals surface area contributed by atoms with Crippen LogP contribution in [0.3, 0.4) is 0 Å². The second kappa shape index (κ2) is 9.18. The number of benzene rings is 2. The molecule has 0 atom stereocenters. The van der Waals surface area contributed by atoms with Gasteiger partial charge in [-0.1, -0.05) is 23.9 Å². The second-order valence-electron chi connectivity index (χ2n) is 7.67. The summed E-state index contributed by atoms with van der Waals surface area (Å²) in [6, 6.07) is 15.4. The van der Waals surface area contributed by atoms with E-state index in [9.17, 15) is 9.59 Å². The summed E-state index contributed by atoms with van der Waals surface area (Å²) in [5.74, 6) is -0.0117. The van der Waals surface area contributed by atoms with Gasteiger partial charge >= 0.3 is 0 Å². The molecule has 4 rings (SSSR count). The van der Waals surface area contributed by atoms with Crippen LogP contribution < -0.4 is 15.8 Å². The van der Waals surface area contributed by atoms with Gasteiger partial charge in [-0.15, -0.1) is 11.3 Å². The Balaban J connectivity index is 1.62. The number of amides is 1. The van der Waals surface area contributed by atoms with Crippen molar-refractivity contribution in [1.29, 1.82) is 0 Å². The zero-order valence-corrected chi connectivity index (χ0v) is 20.0. The minimum atomic E-state index is -0.153. The third-order valence-electron chi connectivity index (χ3n) is 5.27. The molecule has 2 heterocycles. The van der Waals surface area contributed by atoms with Gasteiger partial charge < -0.3 is 10.2 Å². The lowest BCUT2D eigenvalue weighted by Crippen LogP contribution is -2.23. The van der Waals surface area contributed by atoms with Crippen molar-refractivity contribution in [2.45, 2.75) is 19.0 Å². The molecule has 0 unspecified atom stereocenters. The number of fused-ring (bicyclic) bond motifs is 1. The van der Waals surface area contributed by atoms with Crippen LogP contribution >= 0.6 is 23.1 Å². The van der Waals surface area contributed by atoms with E-state index >= 15 is 0 Å². The molecule has 1 amide bonds. The zero-order chi connectivity index (χ0) is 22.8. The van der Waals surface area contributed by atoms with E-state index in [1.165, 1.54) is 23.1 Å². The quantitative estimate of drug-likeness (QED) is 0.326. The van der Waals surface area contributed by atoms with Crippen molar-refractivity contribution < 1.29 is 4.79 Å². The number of thioether (sulfide) groups is 1. The highest BCUT2D eigenvalue weighted by molar-refractivity contribution is 7.99. The Labute approximate surface area is 194 Å². The van der Waals surface area contributed by atoms with E-state index in [2.05, 4.69) is 5.32 Å². The highest BCUT2D eigenvalue weighted by atomic mass is 32.2. The van der Waals surface area contributed by atoms with Crippen LogP contribution in [0.1, 0.15) is 11.1 Å². The number of thiophene rings is 1. The zero-order valence-electron chi connectivity index (χ0n) is 18.4. The molecule has 6 nitrogen and oxygen atoms in total. The molecule has 164 valence electrons.